The minimum absolute atomic E-state index is 0.0270. The van der Waals surface area contributed by atoms with Crippen molar-refractivity contribution in [3.63, 3.8) is 0 Å². The molecule has 0 unspecified atom stereocenters. The number of pyridine rings is 1. The number of fused-ring (bicyclic) bond motifs is 3. The van der Waals surface area contributed by atoms with Gasteiger partial charge in [-0.3, -0.25) is 14.8 Å². The van der Waals surface area contributed by atoms with Gasteiger partial charge in [-0.15, -0.1) is 11.3 Å². The van der Waals surface area contributed by atoms with Gasteiger partial charge in [0.1, 0.15) is 22.8 Å². The van der Waals surface area contributed by atoms with E-state index < -0.39 is 18.2 Å². The fraction of sp³-hybridized carbons (Fsp3) is 0.343. The third-order valence-corrected chi connectivity index (χ3v) is 10.5. The number of phenolic OH excluding ortho intramolecular Hbond substituents is 1. The molecular weight excluding hydrogens is 677 g/mol. The maximum Gasteiger partial charge on any atom is 0.414 e. The van der Waals surface area contributed by atoms with Crippen molar-refractivity contribution < 1.29 is 33.6 Å². The highest BCUT2D eigenvalue weighted by atomic mass is 35.5. The Morgan fingerprint density at radius 2 is 1.77 bits per heavy atom. The molecule has 3 saturated heterocycles. The Kier molecular flexibility index (Phi) is 10.6. The van der Waals surface area contributed by atoms with E-state index in [1.807, 2.05) is 0 Å². The number of thiophene rings is 1. The number of hydrogen-bond donors (Lipinski definition) is 1. The molecule has 252 valence electrons. The first-order chi connectivity index (χ1) is 23.2. The summed E-state index contributed by atoms with van der Waals surface area (Å²) in [6.07, 6.45) is 3.68. The summed E-state index contributed by atoms with van der Waals surface area (Å²) in [5.41, 5.74) is 1.71. The summed E-state index contributed by atoms with van der Waals surface area (Å²) >= 11 is 14.1. The largest absolute Gasteiger partial charge is 0.508 e. The number of nitrogens with zero attached hydrogens (tertiary/aromatic N) is 3. The molecule has 0 spiro atoms. The van der Waals surface area contributed by atoms with Crippen LogP contribution >= 0.6 is 34.5 Å². The molecule has 10 nitrogen and oxygen atoms in total. The van der Waals surface area contributed by atoms with Crippen molar-refractivity contribution in [2.45, 2.75) is 38.0 Å². The van der Waals surface area contributed by atoms with Crippen LogP contribution in [0.2, 0.25) is 10.0 Å². The molecule has 4 aromatic rings. The van der Waals surface area contributed by atoms with E-state index in [9.17, 15) is 14.7 Å². The van der Waals surface area contributed by atoms with Gasteiger partial charge in [-0.05, 0) is 79.4 Å². The van der Waals surface area contributed by atoms with Crippen LogP contribution in [0.1, 0.15) is 44.6 Å². The molecule has 2 bridgehead atoms. The second-order valence-electron chi connectivity index (χ2n) is 11.7. The lowest BCUT2D eigenvalue weighted by molar-refractivity contribution is -0.0311. The highest BCUT2D eigenvalue weighted by molar-refractivity contribution is 7.14. The fourth-order valence-corrected chi connectivity index (χ4v) is 7.57. The van der Waals surface area contributed by atoms with Crippen molar-refractivity contribution in [2.24, 2.45) is 5.92 Å². The lowest BCUT2D eigenvalue weighted by Crippen LogP contribution is -2.53. The summed E-state index contributed by atoms with van der Waals surface area (Å²) in [5, 5.41) is 10.9. The Balaban J connectivity index is 1.23. The first-order valence-electron chi connectivity index (χ1n) is 15.5. The number of phenols is 1. The summed E-state index contributed by atoms with van der Waals surface area (Å²) in [6.45, 7) is 2.90. The van der Waals surface area contributed by atoms with Gasteiger partial charge in [-0.2, -0.15) is 0 Å². The maximum absolute atomic E-state index is 13.7. The molecule has 2 aromatic carbocycles. The van der Waals surface area contributed by atoms with Crippen LogP contribution in [0.3, 0.4) is 0 Å². The monoisotopic (exact) mass is 711 g/mol. The number of rotatable bonds is 11. The average molecular weight is 713 g/mol. The van der Waals surface area contributed by atoms with E-state index in [2.05, 4.69) is 9.88 Å². The number of aromatic nitrogens is 1. The van der Waals surface area contributed by atoms with Gasteiger partial charge in [0.05, 0.1) is 36.5 Å². The lowest BCUT2D eigenvalue weighted by Gasteiger charge is -2.44. The molecule has 1 N–H and O–H groups in total. The molecule has 2 aromatic heterocycles. The first-order valence-corrected chi connectivity index (χ1v) is 17.1. The Morgan fingerprint density at radius 1 is 1.02 bits per heavy atom. The number of methoxy groups -OCH3 is 2. The minimum atomic E-state index is -0.791. The number of esters is 1. The predicted molar refractivity (Wildman–Crippen MR) is 184 cm³/mol. The molecule has 48 heavy (non-hydrogen) atoms. The van der Waals surface area contributed by atoms with E-state index in [0.717, 1.165) is 37.4 Å². The molecule has 3 aliphatic heterocycles. The quantitative estimate of drug-likeness (QED) is 0.158. The highest BCUT2D eigenvalue weighted by Crippen LogP contribution is 2.37. The second kappa shape index (κ2) is 15.0. The molecule has 7 rings (SSSR count). The fourth-order valence-electron chi connectivity index (χ4n) is 6.17. The van der Waals surface area contributed by atoms with E-state index >= 15 is 0 Å². The number of halogens is 2. The molecule has 3 fully saturated rings. The molecule has 0 aliphatic carbocycles. The molecule has 1 amide bonds. The topological polar surface area (TPSA) is 111 Å². The van der Waals surface area contributed by atoms with Crippen molar-refractivity contribution in [3.8, 4) is 17.2 Å². The number of piperidine rings is 3. The molecule has 0 saturated carbocycles. The third kappa shape index (κ3) is 7.65. The van der Waals surface area contributed by atoms with Gasteiger partial charge in [-0.25, -0.2) is 9.59 Å². The Labute approximate surface area is 292 Å². The molecule has 0 radical (unpaired) electrons. The van der Waals surface area contributed by atoms with Crippen LogP contribution in [0.15, 0.2) is 67.0 Å². The maximum atomic E-state index is 13.7. The molecular formula is C35H35Cl2N3O7S. The number of hydrogen-bond acceptors (Lipinski definition) is 10. The van der Waals surface area contributed by atoms with Crippen LogP contribution in [0.25, 0.3) is 0 Å². The van der Waals surface area contributed by atoms with Crippen molar-refractivity contribution in [1.29, 1.82) is 0 Å². The summed E-state index contributed by atoms with van der Waals surface area (Å²) in [5.74, 6) is 0.796. The van der Waals surface area contributed by atoms with Gasteiger partial charge in [0.2, 0.25) is 0 Å². The van der Waals surface area contributed by atoms with Crippen molar-refractivity contribution >= 4 is 52.3 Å². The van der Waals surface area contributed by atoms with Gasteiger partial charge in [0.25, 0.3) is 0 Å². The summed E-state index contributed by atoms with van der Waals surface area (Å²) in [7, 11) is 3.07. The Hall–Kier alpha value is -4.03. The zero-order valence-corrected chi connectivity index (χ0v) is 28.8. The number of anilines is 1. The number of carbonyl (C=O) groups excluding carboxylic acids is 2. The average Bonchev–Trinajstić information content (AvgIpc) is 3.57. The Bertz CT molecular complexity index is 1760. The Morgan fingerprint density at radius 3 is 2.44 bits per heavy atom. The predicted octanol–water partition coefficient (Wildman–Crippen LogP) is 7.55. The van der Waals surface area contributed by atoms with E-state index in [1.54, 1.807) is 55.6 Å². The molecule has 3 aliphatic rings. The smallest absolute Gasteiger partial charge is 0.414 e. The van der Waals surface area contributed by atoms with Gasteiger partial charge < -0.3 is 24.1 Å². The van der Waals surface area contributed by atoms with E-state index in [1.165, 1.54) is 41.8 Å². The van der Waals surface area contributed by atoms with E-state index in [0.29, 0.717) is 49.2 Å². The van der Waals surface area contributed by atoms with Gasteiger partial charge >= 0.3 is 12.1 Å². The van der Waals surface area contributed by atoms with Gasteiger partial charge in [0, 0.05) is 36.3 Å². The van der Waals surface area contributed by atoms with Crippen molar-refractivity contribution in [2.75, 3.05) is 38.8 Å². The summed E-state index contributed by atoms with van der Waals surface area (Å²) in [4.78, 5) is 36.2. The van der Waals surface area contributed by atoms with Crippen LogP contribution in [0, 0.1) is 5.92 Å². The highest BCUT2D eigenvalue weighted by Gasteiger charge is 2.37. The van der Waals surface area contributed by atoms with Crippen LogP contribution < -0.4 is 14.4 Å². The third-order valence-electron chi connectivity index (χ3n) is 8.76. The molecule has 5 heterocycles. The SMILES string of the molecule is COc1ccc([C@H](Cc2c(Cl)cncc2Cl)OC(=O)c2ccc(CN(C(=O)O[C@H]3CN4CCC3CC4)c3cccc(O)c3)s2)cc1OC. The van der Waals surface area contributed by atoms with Crippen LogP contribution in [0.4, 0.5) is 10.5 Å². The van der Waals surface area contributed by atoms with Crippen LogP contribution in [-0.4, -0.2) is 67.0 Å². The van der Waals surface area contributed by atoms with Crippen LogP contribution in [-0.2, 0) is 22.4 Å². The van der Waals surface area contributed by atoms with E-state index in [4.69, 9.17) is 42.1 Å². The zero-order valence-electron chi connectivity index (χ0n) is 26.4. The number of amides is 1. The van der Waals surface area contributed by atoms with Gasteiger partial charge in [0.15, 0.2) is 11.5 Å². The number of carbonyl (C=O) groups is 2. The number of aromatic hydroxyl groups is 1. The summed E-state index contributed by atoms with van der Waals surface area (Å²) < 4.78 is 23.0. The van der Waals surface area contributed by atoms with Crippen LogP contribution in [0.5, 0.6) is 17.2 Å². The molecule has 13 heteroatoms. The normalized spacial score (nSPS) is 19.0. The number of benzene rings is 2. The second-order valence-corrected chi connectivity index (χ2v) is 13.7. The van der Waals surface area contributed by atoms with Crippen molar-refractivity contribution in [1.82, 2.24) is 9.88 Å². The lowest BCUT2D eigenvalue weighted by atomic mass is 9.86. The minimum Gasteiger partial charge on any atom is -0.508 e. The number of ether oxygens (including phenoxy) is 4. The standard InChI is InChI=1S/C35H35Cl2N3O7S/c1-44-29-8-6-22(14-31(29)45-2)30(16-26-27(36)17-38-18-28(26)37)46-34(42)33-9-7-25(48-33)19-40(23-4-3-5-24(41)15-23)35(43)47-32-20-39-12-10-21(32)11-13-39/h3-9,14-15,17-18,21,30,32,41H,10-13,16,19-20H2,1-2H3/t30-,32-/m0/s1. The first kappa shape index (κ1) is 33.9. The van der Waals surface area contributed by atoms with E-state index in [-0.39, 0.29) is 24.8 Å². The van der Waals surface area contributed by atoms with Gasteiger partial charge in [-0.1, -0.05) is 35.3 Å². The zero-order chi connectivity index (χ0) is 33.8. The van der Waals surface area contributed by atoms with Crippen molar-refractivity contribution in [3.05, 3.63) is 97.9 Å². The summed E-state index contributed by atoms with van der Waals surface area (Å²) in [6, 6.07) is 15.2. The molecule has 2 atom stereocenters.